The Labute approximate surface area is 95.9 Å². The van der Waals surface area contributed by atoms with Gasteiger partial charge in [0.15, 0.2) is 0 Å². The zero-order valence-electron chi connectivity index (χ0n) is 9.42. The third-order valence-electron chi connectivity index (χ3n) is 2.43. The lowest BCUT2D eigenvalue weighted by Gasteiger charge is -2.14. The van der Waals surface area contributed by atoms with Gasteiger partial charge in [0.1, 0.15) is 4.90 Å². The summed E-state index contributed by atoms with van der Waals surface area (Å²) in [6.45, 7) is 4.06. The molecule has 0 saturated carbocycles. The number of pyridine rings is 1. The van der Waals surface area contributed by atoms with Crippen molar-refractivity contribution in [1.82, 2.24) is 4.98 Å². The molecule has 90 valence electrons. The quantitative estimate of drug-likeness (QED) is 0.792. The molecule has 0 amide bonds. The van der Waals surface area contributed by atoms with Crippen molar-refractivity contribution >= 4 is 10.0 Å². The van der Waals surface area contributed by atoms with Crippen molar-refractivity contribution in [3.8, 4) is 0 Å². The Hall–Kier alpha value is -0.980. The van der Waals surface area contributed by atoms with Crippen molar-refractivity contribution in [2.24, 2.45) is 16.8 Å². The van der Waals surface area contributed by atoms with E-state index in [4.69, 9.17) is 10.9 Å². The molecular formula is C10H17N3O2S. The molecule has 1 rings (SSSR count). The lowest BCUT2D eigenvalue weighted by molar-refractivity contribution is 0.486. The fourth-order valence-corrected chi connectivity index (χ4v) is 1.63. The highest BCUT2D eigenvalue weighted by atomic mass is 32.2. The Morgan fingerprint density at radius 3 is 2.38 bits per heavy atom. The minimum Gasteiger partial charge on any atom is -0.327 e. The van der Waals surface area contributed by atoms with Gasteiger partial charge in [0.05, 0.1) is 0 Å². The Morgan fingerprint density at radius 1 is 1.38 bits per heavy atom. The van der Waals surface area contributed by atoms with Crippen LogP contribution in [0.2, 0.25) is 0 Å². The van der Waals surface area contributed by atoms with E-state index in [1.165, 1.54) is 12.3 Å². The Bertz CT molecular complexity index is 440. The van der Waals surface area contributed by atoms with Crippen LogP contribution < -0.4 is 10.9 Å². The van der Waals surface area contributed by atoms with Crippen molar-refractivity contribution in [2.75, 3.05) is 0 Å². The molecule has 0 radical (unpaired) electrons. The highest BCUT2D eigenvalue weighted by molar-refractivity contribution is 7.89. The number of primary sulfonamides is 1. The fraction of sp³-hybridized carbons (Fsp3) is 0.500. The van der Waals surface area contributed by atoms with Gasteiger partial charge < -0.3 is 5.73 Å². The lowest BCUT2D eigenvalue weighted by atomic mass is 10.0. The number of rotatable bonds is 4. The molecule has 1 heterocycles. The van der Waals surface area contributed by atoms with E-state index >= 15 is 0 Å². The van der Waals surface area contributed by atoms with E-state index in [-0.39, 0.29) is 10.9 Å². The van der Waals surface area contributed by atoms with E-state index in [0.717, 1.165) is 5.69 Å². The van der Waals surface area contributed by atoms with Gasteiger partial charge >= 0.3 is 0 Å². The molecule has 16 heavy (non-hydrogen) atoms. The van der Waals surface area contributed by atoms with E-state index in [9.17, 15) is 8.42 Å². The summed E-state index contributed by atoms with van der Waals surface area (Å²) in [4.78, 5) is 4.05. The largest absolute Gasteiger partial charge is 0.327 e. The van der Waals surface area contributed by atoms with Crippen LogP contribution in [0.15, 0.2) is 23.2 Å². The normalized spacial score (nSPS) is 14.1. The molecule has 5 nitrogen and oxygen atoms in total. The second-order valence-corrected chi connectivity index (χ2v) is 5.70. The van der Waals surface area contributed by atoms with Crippen LogP contribution in [0.1, 0.15) is 19.5 Å². The standard InChI is InChI=1S/C10H17N3O2S/c1-7(2)10(11)5-8-3-4-9(6-13-8)16(12,14)15/h3-4,6-7,10H,5,11H2,1-2H3,(H2,12,14,15). The van der Waals surface area contributed by atoms with Crippen molar-refractivity contribution in [3.05, 3.63) is 24.0 Å². The average molecular weight is 243 g/mol. The minimum atomic E-state index is -3.66. The van der Waals surface area contributed by atoms with Crippen LogP contribution in [0.3, 0.4) is 0 Å². The fourth-order valence-electron chi connectivity index (χ4n) is 1.18. The van der Waals surface area contributed by atoms with E-state index in [1.54, 1.807) is 6.07 Å². The van der Waals surface area contributed by atoms with Gasteiger partial charge in [-0.25, -0.2) is 13.6 Å². The number of aromatic nitrogens is 1. The summed E-state index contributed by atoms with van der Waals surface area (Å²) in [7, 11) is -3.66. The number of hydrogen-bond donors (Lipinski definition) is 2. The topological polar surface area (TPSA) is 99.1 Å². The summed E-state index contributed by atoms with van der Waals surface area (Å²) in [6.07, 6.45) is 1.89. The summed E-state index contributed by atoms with van der Waals surface area (Å²) in [5.74, 6) is 0.361. The summed E-state index contributed by atoms with van der Waals surface area (Å²) < 4.78 is 22.0. The number of sulfonamides is 1. The molecule has 0 aliphatic carbocycles. The first kappa shape index (κ1) is 13.1. The van der Waals surface area contributed by atoms with Crippen LogP contribution in [-0.2, 0) is 16.4 Å². The van der Waals surface area contributed by atoms with Gasteiger partial charge in [0, 0.05) is 24.4 Å². The molecule has 0 bridgehead atoms. The zero-order valence-corrected chi connectivity index (χ0v) is 10.2. The maximum atomic E-state index is 11.0. The van der Waals surface area contributed by atoms with Gasteiger partial charge in [0.25, 0.3) is 0 Å². The van der Waals surface area contributed by atoms with E-state index in [0.29, 0.717) is 12.3 Å². The van der Waals surface area contributed by atoms with Crippen LogP contribution >= 0.6 is 0 Å². The summed E-state index contributed by atoms with van der Waals surface area (Å²) in [6, 6.07) is 3.11. The van der Waals surface area contributed by atoms with Gasteiger partial charge in [-0.3, -0.25) is 4.98 Å². The molecule has 1 aromatic heterocycles. The van der Waals surface area contributed by atoms with Crippen LogP contribution in [0.5, 0.6) is 0 Å². The lowest BCUT2D eigenvalue weighted by Crippen LogP contribution is -2.29. The molecule has 0 aliphatic heterocycles. The first-order valence-electron chi connectivity index (χ1n) is 5.04. The Morgan fingerprint density at radius 2 is 2.00 bits per heavy atom. The molecule has 0 aliphatic rings. The van der Waals surface area contributed by atoms with Crippen molar-refractivity contribution < 1.29 is 8.42 Å². The molecule has 1 atom stereocenters. The second kappa shape index (κ2) is 4.90. The van der Waals surface area contributed by atoms with Gasteiger partial charge in [0.2, 0.25) is 10.0 Å². The third-order valence-corrected chi connectivity index (χ3v) is 3.33. The van der Waals surface area contributed by atoms with Crippen LogP contribution in [0.25, 0.3) is 0 Å². The maximum absolute atomic E-state index is 11.0. The van der Waals surface area contributed by atoms with Crippen molar-refractivity contribution in [3.63, 3.8) is 0 Å². The highest BCUT2D eigenvalue weighted by Gasteiger charge is 2.11. The van der Waals surface area contributed by atoms with Crippen LogP contribution in [-0.4, -0.2) is 19.4 Å². The molecule has 0 saturated heterocycles. The minimum absolute atomic E-state index is 0.0211. The average Bonchev–Trinajstić information content (AvgIpc) is 2.17. The Kier molecular flexibility index (Phi) is 4.01. The summed E-state index contributed by atoms with van der Waals surface area (Å²) in [5.41, 5.74) is 6.66. The number of nitrogens with two attached hydrogens (primary N) is 2. The first-order chi connectivity index (χ1) is 7.30. The number of nitrogens with zero attached hydrogens (tertiary/aromatic N) is 1. The molecule has 0 spiro atoms. The summed E-state index contributed by atoms with van der Waals surface area (Å²) in [5, 5.41) is 4.96. The Balaban J connectivity index is 2.80. The second-order valence-electron chi connectivity index (χ2n) is 4.14. The van der Waals surface area contributed by atoms with Crippen LogP contribution in [0, 0.1) is 5.92 Å². The van der Waals surface area contributed by atoms with Crippen LogP contribution in [0.4, 0.5) is 0 Å². The molecule has 1 aromatic rings. The third kappa shape index (κ3) is 3.55. The SMILES string of the molecule is CC(C)C(N)Cc1ccc(S(N)(=O)=O)cn1. The molecule has 0 aromatic carbocycles. The van der Waals surface area contributed by atoms with Crippen molar-refractivity contribution in [2.45, 2.75) is 31.2 Å². The molecule has 4 N–H and O–H groups in total. The first-order valence-corrected chi connectivity index (χ1v) is 6.58. The zero-order chi connectivity index (χ0) is 12.3. The smallest absolute Gasteiger partial charge is 0.239 e. The molecule has 6 heteroatoms. The van der Waals surface area contributed by atoms with Crippen molar-refractivity contribution in [1.29, 1.82) is 0 Å². The van der Waals surface area contributed by atoms with Gasteiger partial charge in [-0.2, -0.15) is 0 Å². The molecule has 0 fully saturated rings. The highest BCUT2D eigenvalue weighted by Crippen LogP contribution is 2.09. The van der Waals surface area contributed by atoms with Gasteiger partial charge in [-0.1, -0.05) is 13.8 Å². The van der Waals surface area contributed by atoms with E-state index < -0.39 is 10.0 Å². The maximum Gasteiger partial charge on any atom is 0.239 e. The van der Waals surface area contributed by atoms with Gasteiger partial charge in [-0.05, 0) is 18.1 Å². The predicted octanol–water partition coefficient (Wildman–Crippen LogP) is 0.255. The monoisotopic (exact) mass is 243 g/mol. The van der Waals surface area contributed by atoms with E-state index in [2.05, 4.69) is 4.98 Å². The number of hydrogen-bond acceptors (Lipinski definition) is 4. The summed E-state index contributed by atoms with van der Waals surface area (Å²) >= 11 is 0. The van der Waals surface area contributed by atoms with Gasteiger partial charge in [-0.15, -0.1) is 0 Å². The molecule has 1 unspecified atom stereocenters. The predicted molar refractivity (Wildman–Crippen MR) is 62.1 cm³/mol. The van der Waals surface area contributed by atoms with E-state index in [1.807, 2.05) is 13.8 Å². The molecular weight excluding hydrogens is 226 g/mol.